The van der Waals surface area contributed by atoms with Crippen molar-refractivity contribution in [2.24, 2.45) is 0 Å². The number of fused-ring (bicyclic) bond motifs is 1. The van der Waals surface area contributed by atoms with Crippen LogP contribution in [0.15, 0.2) is 39.5 Å². The van der Waals surface area contributed by atoms with Crippen LogP contribution in [0.1, 0.15) is 48.7 Å². The third-order valence-corrected chi connectivity index (χ3v) is 6.79. The predicted octanol–water partition coefficient (Wildman–Crippen LogP) is 2.97. The molecule has 11 nitrogen and oxygen atoms in total. The number of aryl methyl sites for hydroxylation is 2. The zero-order valence-electron chi connectivity index (χ0n) is 22.3. The number of nitrogens with one attached hydrogen (secondary N) is 1. The smallest absolute Gasteiger partial charge is 0.364 e. The molecule has 4 rings (SSSR count). The lowest BCUT2D eigenvalue weighted by molar-refractivity contribution is -0.305. The Morgan fingerprint density at radius 3 is 2.51 bits per heavy atom. The van der Waals surface area contributed by atoms with Gasteiger partial charge in [-0.05, 0) is 68.7 Å². The molecule has 4 atom stereocenters. The molecule has 3 aromatic rings. The summed E-state index contributed by atoms with van der Waals surface area (Å²) in [5.41, 5.74) is -1.17. The number of anilines is 1. The maximum atomic E-state index is 12.9. The number of aliphatic hydroxyl groups is 2. The molecule has 39 heavy (non-hydrogen) atoms. The molecule has 0 saturated carbocycles. The second kappa shape index (κ2) is 10.9. The first kappa shape index (κ1) is 28.4. The predicted molar refractivity (Wildman–Crippen MR) is 141 cm³/mol. The Morgan fingerprint density at radius 2 is 1.85 bits per heavy atom. The largest absolute Gasteiger partial charge is 0.508 e. The van der Waals surface area contributed by atoms with Gasteiger partial charge in [0.1, 0.15) is 35.4 Å². The number of carbonyl (C=O) groups excluding carboxylic acids is 1. The van der Waals surface area contributed by atoms with Gasteiger partial charge < -0.3 is 44.4 Å². The highest BCUT2D eigenvalue weighted by atomic mass is 16.7. The van der Waals surface area contributed by atoms with Crippen LogP contribution in [0, 0.1) is 6.92 Å². The average Bonchev–Trinajstić information content (AvgIpc) is 2.87. The van der Waals surface area contributed by atoms with Crippen molar-refractivity contribution in [1.82, 2.24) is 0 Å². The van der Waals surface area contributed by atoms with Crippen LogP contribution < -0.4 is 15.7 Å². The molecule has 2 heterocycles. The Hall–Kier alpha value is -3.64. The van der Waals surface area contributed by atoms with E-state index >= 15 is 0 Å². The van der Waals surface area contributed by atoms with Crippen molar-refractivity contribution < 1.29 is 43.8 Å². The minimum Gasteiger partial charge on any atom is -0.508 e. The Balaban J connectivity index is 1.67. The third kappa shape index (κ3) is 5.44. The normalized spacial score (nSPS) is 22.5. The van der Waals surface area contributed by atoms with Gasteiger partial charge in [0.25, 0.3) is 5.91 Å². The van der Waals surface area contributed by atoms with E-state index in [0.29, 0.717) is 17.5 Å². The maximum Gasteiger partial charge on any atom is 0.364 e. The quantitative estimate of drug-likeness (QED) is 0.279. The number of hydrogen-bond acceptors (Lipinski definition) is 10. The minimum absolute atomic E-state index is 0.0604. The van der Waals surface area contributed by atoms with E-state index in [4.69, 9.17) is 18.6 Å². The van der Waals surface area contributed by atoms with Crippen LogP contribution in [0.4, 0.5) is 5.69 Å². The second-order valence-corrected chi connectivity index (χ2v) is 10.1. The van der Waals surface area contributed by atoms with Crippen LogP contribution in [-0.2, 0) is 15.9 Å². The lowest BCUT2D eigenvalue weighted by atomic mass is 9.89. The molecular formula is C28H33NO10. The summed E-state index contributed by atoms with van der Waals surface area (Å²) in [6.07, 6.45) is -3.51. The summed E-state index contributed by atoms with van der Waals surface area (Å²) >= 11 is 0. The van der Waals surface area contributed by atoms with E-state index in [1.807, 2.05) is 6.92 Å². The van der Waals surface area contributed by atoms with Gasteiger partial charge in [-0.3, -0.25) is 4.79 Å². The van der Waals surface area contributed by atoms with Gasteiger partial charge in [-0.25, -0.2) is 4.79 Å². The van der Waals surface area contributed by atoms with Gasteiger partial charge in [0.05, 0.1) is 11.0 Å². The van der Waals surface area contributed by atoms with Gasteiger partial charge in [0.2, 0.25) is 6.29 Å². The number of benzene rings is 2. The average molecular weight is 544 g/mol. The summed E-state index contributed by atoms with van der Waals surface area (Å²) in [6.45, 7) is 6.93. The summed E-state index contributed by atoms with van der Waals surface area (Å²) < 4.78 is 22.4. The van der Waals surface area contributed by atoms with Crippen molar-refractivity contribution in [3.05, 3.63) is 57.4 Å². The molecule has 11 heteroatoms. The number of rotatable bonds is 7. The topological polar surface area (TPSA) is 168 Å². The Bertz CT molecular complexity index is 1450. The molecule has 1 amide bonds. The van der Waals surface area contributed by atoms with E-state index in [2.05, 4.69) is 5.32 Å². The van der Waals surface area contributed by atoms with Gasteiger partial charge in [-0.15, -0.1) is 0 Å². The van der Waals surface area contributed by atoms with Crippen LogP contribution in [0.5, 0.6) is 17.2 Å². The minimum atomic E-state index is -1.45. The van der Waals surface area contributed by atoms with Gasteiger partial charge in [-0.2, -0.15) is 0 Å². The van der Waals surface area contributed by atoms with Gasteiger partial charge >= 0.3 is 5.63 Å². The molecule has 1 saturated heterocycles. The third-order valence-electron chi connectivity index (χ3n) is 6.79. The maximum absolute atomic E-state index is 12.9. The number of methoxy groups -OCH3 is 1. The Kier molecular flexibility index (Phi) is 7.89. The highest BCUT2D eigenvalue weighted by Gasteiger charge is 2.50. The number of hydrogen-bond donors (Lipinski definition) is 5. The number of amides is 1. The standard InChI is InChI=1S/C28H33NO10/c1-6-7-14-11-15(8-9-18(14)30)25(34)29-19-20(31)17-12-16(10-13(2)23(17)38-26(19)35)37-27-22(33)21(32)24(36-5)28(3,4)39-27/h8-12,21-22,24,27,30-33H,6-7H2,1-5H3,(H,29,34)/t21-,22-,24+,27-/m1/s1. The lowest BCUT2D eigenvalue weighted by Crippen LogP contribution is -2.63. The van der Waals surface area contributed by atoms with Crippen molar-refractivity contribution >= 4 is 22.6 Å². The molecule has 2 aromatic carbocycles. The van der Waals surface area contributed by atoms with E-state index in [0.717, 1.165) is 6.42 Å². The van der Waals surface area contributed by atoms with E-state index in [9.17, 15) is 30.0 Å². The van der Waals surface area contributed by atoms with Crippen molar-refractivity contribution in [3.8, 4) is 17.2 Å². The number of phenols is 1. The molecule has 0 spiro atoms. The number of carbonyl (C=O) groups is 1. The van der Waals surface area contributed by atoms with Crippen molar-refractivity contribution in [1.29, 1.82) is 0 Å². The molecule has 0 unspecified atom stereocenters. The molecule has 0 bridgehead atoms. The monoisotopic (exact) mass is 543 g/mol. The molecular weight excluding hydrogens is 510 g/mol. The molecule has 210 valence electrons. The van der Waals surface area contributed by atoms with Crippen molar-refractivity contribution in [2.45, 2.75) is 70.7 Å². The Morgan fingerprint density at radius 1 is 1.13 bits per heavy atom. The van der Waals surface area contributed by atoms with Crippen molar-refractivity contribution in [2.75, 3.05) is 12.4 Å². The number of aromatic hydroxyl groups is 2. The fraction of sp³-hybridized carbons (Fsp3) is 0.429. The van der Waals surface area contributed by atoms with Crippen LogP contribution in [-0.4, -0.2) is 63.6 Å². The van der Waals surface area contributed by atoms with Gasteiger partial charge in [0, 0.05) is 12.7 Å². The van der Waals surface area contributed by atoms with E-state index in [-0.39, 0.29) is 28.0 Å². The Labute approximate surface area is 224 Å². The summed E-state index contributed by atoms with van der Waals surface area (Å²) in [4.78, 5) is 25.6. The van der Waals surface area contributed by atoms with E-state index in [1.54, 1.807) is 20.8 Å². The van der Waals surface area contributed by atoms with Crippen LogP contribution in [0.25, 0.3) is 11.0 Å². The molecule has 0 aliphatic carbocycles. The van der Waals surface area contributed by atoms with Crippen molar-refractivity contribution in [3.63, 3.8) is 0 Å². The molecule has 1 aliphatic heterocycles. The number of ether oxygens (including phenoxy) is 3. The zero-order valence-corrected chi connectivity index (χ0v) is 22.3. The summed E-state index contributed by atoms with van der Waals surface area (Å²) in [6, 6.07) is 7.20. The van der Waals surface area contributed by atoms with Crippen LogP contribution in [0.2, 0.25) is 0 Å². The molecule has 1 aromatic heterocycles. The molecule has 1 aliphatic rings. The first-order valence-electron chi connectivity index (χ1n) is 12.5. The summed E-state index contributed by atoms with van der Waals surface area (Å²) in [5, 5.41) is 44.6. The molecule has 5 N–H and O–H groups in total. The first-order valence-corrected chi connectivity index (χ1v) is 12.5. The lowest BCUT2D eigenvalue weighted by Gasteiger charge is -2.46. The highest BCUT2D eigenvalue weighted by Crippen LogP contribution is 2.37. The molecule has 1 fully saturated rings. The highest BCUT2D eigenvalue weighted by molar-refractivity contribution is 6.06. The van der Waals surface area contributed by atoms with E-state index in [1.165, 1.54) is 37.4 Å². The molecule has 0 radical (unpaired) electrons. The number of aliphatic hydroxyl groups excluding tert-OH is 2. The van der Waals surface area contributed by atoms with Gasteiger partial charge in [0.15, 0.2) is 11.4 Å². The SMILES string of the molecule is CCCc1cc(C(=O)Nc2c(O)c3cc(O[C@@H]4OC(C)(C)[C@@H](OC)[C@H](O)[C@H]4O)cc(C)c3oc2=O)ccc1O. The first-order chi connectivity index (χ1) is 18.4. The second-order valence-electron chi connectivity index (χ2n) is 10.1. The zero-order chi connectivity index (χ0) is 28.6. The fourth-order valence-electron chi connectivity index (χ4n) is 4.83. The number of phenolic OH excluding ortho intramolecular Hbond substituents is 1. The van der Waals surface area contributed by atoms with Crippen LogP contribution in [0.3, 0.4) is 0 Å². The summed E-state index contributed by atoms with van der Waals surface area (Å²) in [5.74, 6) is -1.01. The van der Waals surface area contributed by atoms with E-state index < -0.39 is 53.2 Å². The summed E-state index contributed by atoms with van der Waals surface area (Å²) in [7, 11) is 1.40. The fourth-order valence-corrected chi connectivity index (χ4v) is 4.83. The van der Waals surface area contributed by atoms with Gasteiger partial charge in [-0.1, -0.05) is 13.3 Å². The van der Waals surface area contributed by atoms with Crippen LogP contribution >= 0.6 is 0 Å².